The summed E-state index contributed by atoms with van der Waals surface area (Å²) in [7, 11) is 3.07. The van der Waals surface area contributed by atoms with E-state index >= 15 is 0 Å². The first kappa shape index (κ1) is 28.7. The molecule has 3 N–H and O–H groups in total. The van der Waals surface area contributed by atoms with Crippen molar-refractivity contribution in [2.24, 2.45) is 5.73 Å². The van der Waals surface area contributed by atoms with Gasteiger partial charge < -0.3 is 20.5 Å². The molecule has 11 nitrogen and oxygen atoms in total. The Morgan fingerprint density at radius 2 is 1.93 bits per heavy atom. The van der Waals surface area contributed by atoms with Crippen LogP contribution in [-0.4, -0.2) is 41.9 Å². The van der Waals surface area contributed by atoms with E-state index in [9.17, 15) is 14.9 Å². The number of nitrogens with one attached hydrogen (secondary N) is 1. The van der Waals surface area contributed by atoms with Crippen molar-refractivity contribution in [1.82, 2.24) is 10.2 Å². The average Bonchev–Trinajstić information content (AvgIpc) is 3.48. The Labute approximate surface area is 250 Å². The third kappa shape index (κ3) is 5.52. The van der Waals surface area contributed by atoms with Crippen molar-refractivity contribution < 1.29 is 19.1 Å². The lowest BCUT2D eigenvalue weighted by molar-refractivity contribution is -0.116. The minimum absolute atomic E-state index is 0.0667. The fraction of sp³-hybridized carbons (Fsp3) is 0.241. The fourth-order valence-corrected chi connectivity index (χ4v) is 6.66. The third-order valence-electron chi connectivity index (χ3n) is 6.88. The van der Waals surface area contributed by atoms with E-state index in [1.54, 1.807) is 54.5 Å². The molecule has 0 fully saturated rings. The van der Waals surface area contributed by atoms with Crippen LogP contribution in [-0.2, 0) is 9.59 Å². The summed E-state index contributed by atoms with van der Waals surface area (Å²) in [5.41, 5.74) is 9.75. The Morgan fingerprint density at radius 1 is 1.14 bits per heavy atom. The van der Waals surface area contributed by atoms with Crippen LogP contribution in [0, 0.1) is 22.7 Å². The number of methoxy groups -OCH3 is 2. The molecule has 0 bridgehead atoms. The second kappa shape index (κ2) is 12.3. The number of carbonyl (C=O) groups is 2. The van der Waals surface area contributed by atoms with Gasteiger partial charge in [0.25, 0.3) is 0 Å². The number of thioether (sulfide) groups is 1. The van der Waals surface area contributed by atoms with Gasteiger partial charge in [-0.05, 0) is 43.2 Å². The summed E-state index contributed by atoms with van der Waals surface area (Å²) >= 11 is 2.42. The molecular weight excluding hydrogens is 574 g/mol. The van der Waals surface area contributed by atoms with Crippen molar-refractivity contribution in [1.29, 1.82) is 10.5 Å². The molecule has 0 saturated carbocycles. The van der Waals surface area contributed by atoms with Crippen molar-refractivity contribution in [3.63, 3.8) is 0 Å². The summed E-state index contributed by atoms with van der Waals surface area (Å²) in [6.07, 6.45) is 1.54. The van der Waals surface area contributed by atoms with Crippen LogP contribution >= 0.6 is 23.1 Å². The Balaban J connectivity index is 1.43. The Kier molecular flexibility index (Phi) is 8.43. The summed E-state index contributed by atoms with van der Waals surface area (Å²) in [5.74, 6) is 0.287. The maximum Gasteiger partial charge on any atom is 0.234 e. The van der Waals surface area contributed by atoms with Crippen LogP contribution in [0.15, 0.2) is 69.5 Å². The number of nitrogens with two attached hydrogens (primary N) is 1. The lowest BCUT2D eigenvalue weighted by Crippen LogP contribution is -2.38. The molecule has 0 radical (unpaired) electrons. The quantitative estimate of drug-likeness (QED) is 0.351. The summed E-state index contributed by atoms with van der Waals surface area (Å²) in [4.78, 5) is 27.6. The van der Waals surface area contributed by atoms with E-state index in [1.807, 2.05) is 6.07 Å². The molecule has 2 heterocycles. The number of nitrogens with zero attached hydrogens (tertiary/aromatic N) is 5. The van der Waals surface area contributed by atoms with Gasteiger partial charge in [-0.2, -0.15) is 10.5 Å². The van der Waals surface area contributed by atoms with Gasteiger partial charge in [0.1, 0.15) is 17.3 Å². The predicted octanol–water partition coefficient (Wildman–Crippen LogP) is 4.46. The van der Waals surface area contributed by atoms with Crippen molar-refractivity contribution in [2.75, 3.05) is 30.2 Å². The monoisotopic (exact) mass is 599 g/mol. The highest BCUT2D eigenvalue weighted by Crippen LogP contribution is 2.49. The molecule has 2 aliphatic rings. The Bertz CT molecular complexity index is 1700. The van der Waals surface area contributed by atoms with Crippen molar-refractivity contribution in [3.05, 3.63) is 76.3 Å². The van der Waals surface area contributed by atoms with Crippen LogP contribution in [0.1, 0.15) is 36.3 Å². The van der Waals surface area contributed by atoms with Crippen LogP contribution < -0.4 is 25.4 Å². The molecule has 1 aliphatic heterocycles. The first-order valence-corrected chi connectivity index (χ1v) is 14.6. The summed E-state index contributed by atoms with van der Waals surface area (Å²) in [6, 6.07) is 16.1. The summed E-state index contributed by atoms with van der Waals surface area (Å²) in [5, 5.41) is 30.9. The number of Topliss-reactive ketones (excluding diaryl/α,β-unsaturated/α-hetero) is 1. The molecule has 42 heavy (non-hydrogen) atoms. The zero-order valence-corrected chi connectivity index (χ0v) is 24.3. The van der Waals surface area contributed by atoms with Crippen LogP contribution in [0.2, 0.25) is 0 Å². The van der Waals surface area contributed by atoms with Gasteiger partial charge in [0, 0.05) is 35.0 Å². The Morgan fingerprint density at radius 3 is 2.62 bits per heavy atom. The number of hydrogen-bond donors (Lipinski definition) is 2. The molecule has 0 saturated heterocycles. The standard InChI is InChI=1S/C29H25N7O4S2/c1-39-18-10-11-19(23(12-18)40-2)25-20(14-31)27(32)36(21-4-3-5-22(37)26(21)25)28-34-35-29(42-28)41-15-24(38)33-17-8-6-16(13-30)7-9-17/h6-12,25H,3-5,15,32H2,1-2H3,(H,33,38). The Hall–Kier alpha value is -4.85. The van der Waals surface area contributed by atoms with Crippen molar-refractivity contribution in [2.45, 2.75) is 29.5 Å². The van der Waals surface area contributed by atoms with Gasteiger partial charge in [0.15, 0.2) is 10.1 Å². The smallest absolute Gasteiger partial charge is 0.234 e. The zero-order chi connectivity index (χ0) is 29.8. The number of carbonyl (C=O) groups excluding carboxylic acids is 2. The summed E-state index contributed by atoms with van der Waals surface area (Å²) in [6.45, 7) is 0. The number of hydrogen-bond acceptors (Lipinski definition) is 12. The molecule has 212 valence electrons. The lowest BCUT2D eigenvalue weighted by atomic mass is 9.75. The number of benzene rings is 2. The molecule has 1 aliphatic carbocycles. The van der Waals surface area contributed by atoms with E-state index in [0.717, 1.165) is 0 Å². The molecule has 1 aromatic heterocycles. The topological polar surface area (TPSA) is 167 Å². The van der Waals surface area contributed by atoms with E-state index in [4.69, 9.17) is 20.5 Å². The first-order chi connectivity index (χ1) is 20.4. The third-order valence-corrected chi connectivity index (χ3v) is 8.92. The number of nitriles is 2. The van der Waals surface area contributed by atoms with Gasteiger partial charge in [-0.25, -0.2) is 0 Å². The largest absolute Gasteiger partial charge is 0.497 e. The number of ketones is 1. The minimum Gasteiger partial charge on any atom is -0.497 e. The molecular formula is C29H25N7O4S2. The SMILES string of the molecule is COc1ccc(C2C(C#N)=C(N)N(c3nnc(SCC(=O)Nc4ccc(C#N)cc4)s3)C3=C2C(=O)CCC3)c(OC)c1. The van der Waals surface area contributed by atoms with E-state index < -0.39 is 5.92 Å². The second-order valence-corrected chi connectivity index (χ2v) is 11.5. The van der Waals surface area contributed by atoms with Gasteiger partial charge in [0.2, 0.25) is 11.0 Å². The van der Waals surface area contributed by atoms with Crippen molar-refractivity contribution in [3.8, 4) is 23.6 Å². The van der Waals surface area contributed by atoms with Gasteiger partial charge in [0.05, 0.1) is 49.2 Å². The van der Waals surface area contributed by atoms with Gasteiger partial charge >= 0.3 is 0 Å². The van der Waals surface area contributed by atoms with Crippen molar-refractivity contribution >= 4 is 45.6 Å². The maximum atomic E-state index is 13.4. The lowest BCUT2D eigenvalue weighted by Gasteiger charge is -2.38. The number of aromatic nitrogens is 2. The molecule has 1 unspecified atom stereocenters. The number of amides is 1. The normalized spacial score (nSPS) is 16.4. The number of allylic oxidation sites excluding steroid dienone is 3. The second-order valence-electron chi connectivity index (χ2n) is 9.30. The van der Waals surface area contributed by atoms with Gasteiger partial charge in [-0.1, -0.05) is 29.2 Å². The van der Waals surface area contributed by atoms with E-state index in [1.165, 1.54) is 30.2 Å². The summed E-state index contributed by atoms with van der Waals surface area (Å²) < 4.78 is 11.5. The number of ether oxygens (including phenoxy) is 2. The fourth-order valence-electron chi connectivity index (χ4n) is 4.98. The molecule has 2 aromatic carbocycles. The zero-order valence-electron chi connectivity index (χ0n) is 22.7. The highest BCUT2D eigenvalue weighted by Gasteiger charge is 2.42. The van der Waals surface area contributed by atoms with E-state index in [0.29, 0.717) is 68.3 Å². The number of anilines is 2. The minimum atomic E-state index is -0.706. The predicted molar refractivity (Wildman–Crippen MR) is 158 cm³/mol. The molecule has 1 atom stereocenters. The van der Waals surface area contributed by atoms with Crippen LogP contribution in [0.3, 0.4) is 0 Å². The van der Waals surface area contributed by atoms with Crippen LogP contribution in [0.5, 0.6) is 11.5 Å². The van der Waals surface area contributed by atoms with Crippen LogP contribution in [0.25, 0.3) is 0 Å². The highest BCUT2D eigenvalue weighted by molar-refractivity contribution is 8.01. The van der Waals surface area contributed by atoms with Crippen LogP contribution in [0.4, 0.5) is 10.8 Å². The molecule has 5 rings (SSSR count). The first-order valence-electron chi connectivity index (χ1n) is 12.8. The van der Waals surface area contributed by atoms with Gasteiger partial charge in [-0.15, -0.1) is 10.2 Å². The van der Waals surface area contributed by atoms with E-state index in [-0.39, 0.29) is 28.8 Å². The highest BCUT2D eigenvalue weighted by atomic mass is 32.2. The maximum absolute atomic E-state index is 13.4. The molecule has 1 amide bonds. The van der Waals surface area contributed by atoms with Gasteiger partial charge in [-0.3, -0.25) is 14.5 Å². The van der Waals surface area contributed by atoms with E-state index in [2.05, 4.69) is 21.6 Å². The molecule has 0 spiro atoms. The molecule has 3 aromatic rings. The average molecular weight is 600 g/mol. The molecule has 13 heteroatoms. The number of rotatable bonds is 8.